The van der Waals surface area contributed by atoms with Crippen molar-refractivity contribution in [3.8, 4) is 6.07 Å². The summed E-state index contributed by atoms with van der Waals surface area (Å²) in [6.45, 7) is -0.251. The highest BCUT2D eigenvalue weighted by molar-refractivity contribution is 7.81. The van der Waals surface area contributed by atoms with Gasteiger partial charge in [0.05, 0.1) is 31.2 Å². The van der Waals surface area contributed by atoms with Crippen LogP contribution in [-0.2, 0) is 11.0 Å². The van der Waals surface area contributed by atoms with Gasteiger partial charge in [-0.05, 0) is 62.4 Å². The van der Waals surface area contributed by atoms with Crippen LogP contribution in [0, 0.1) is 17.1 Å². The van der Waals surface area contributed by atoms with E-state index in [0.29, 0.717) is 11.0 Å². The molecule has 1 N–H and O–H groups in total. The van der Waals surface area contributed by atoms with Crippen molar-refractivity contribution in [1.29, 1.82) is 5.26 Å². The second-order valence-electron chi connectivity index (χ2n) is 7.10. The Kier molecular flexibility index (Phi) is 4.20. The largest absolute Gasteiger partial charge is 0.417 e. The van der Waals surface area contributed by atoms with Crippen molar-refractivity contribution in [1.82, 2.24) is 5.32 Å². The minimum atomic E-state index is -5.15. The number of carbonyl (C=O) groups is 2. The molecular formula is C21H16F4N4O2S. The van der Waals surface area contributed by atoms with Crippen molar-refractivity contribution in [2.75, 3.05) is 16.8 Å². The summed E-state index contributed by atoms with van der Waals surface area (Å²) in [6.07, 6.45) is -5.15. The van der Waals surface area contributed by atoms with Gasteiger partial charge in [-0.2, -0.15) is 18.4 Å². The first-order valence-corrected chi connectivity index (χ1v) is 9.16. The molecule has 3 rings (SSSR count). The summed E-state index contributed by atoms with van der Waals surface area (Å²) in [5, 5.41) is 10.2. The van der Waals surface area contributed by atoms with E-state index in [1.807, 2.05) is 0 Å². The van der Waals surface area contributed by atoms with Gasteiger partial charge in [0.2, 0.25) is 0 Å². The molecule has 166 valence electrons. The fourth-order valence-corrected chi connectivity index (χ4v) is 3.69. The monoisotopic (exact) mass is 469 g/mol. The molecule has 1 saturated heterocycles. The van der Waals surface area contributed by atoms with Gasteiger partial charge in [0.15, 0.2) is 5.11 Å². The van der Waals surface area contributed by atoms with Gasteiger partial charge >= 0.3 is 6.18 Å². The number of anilines is 2. The summed E-state index contributed by atoms with van der Waals surface area (Å²) < 4.78 is 93.2. The molecule has 0 atom stereocenters. The Morgan fingerprint density at radius 2 is 2.00 bits per heavy atom. The van der Waals surface area contributed by atoms with Crippen LogP contribution in [0.2, 0.25) is 0 Å². The Morgan fingerprint density at radius 3 is 2.56 bits per heavy atom. The molecule has 32 heavy (non-hydrogen) atoms. The maximum absolute atomic E-state index is 14.8. The van der Waals surface area contributed by atoms with E-state index in [1.54, 1.807) is 5.32 Å². The van der Waals surface area contributed by atoms with Crippen LogP contribution in [0.5, 0.6) is 0 Å². The molecule has 0 radical (unpaired) electrons. The molecule has 0 spiro atoms. The summed E-state index contributed by atoms with van der Waals surface area (Å²) >= 11 is 5.31. The van der Waals surface area contributed by atoms with E-state index in [9.17, 15) is 27.2 Å². The van der Waals surface area contributed by atoms with Crippen LogP contribution in [0.3, 0.4) is 0 Å². The highest BCUT2D eigenvalue weighted by Crippen LogP contribution is 2.39. The minimum Gasteiger partial charge on any atom is -0.355 e. The lowest BCUT2D eigenvalue weighted by molar-refractivity contribution is -0.137. The number of amides is 2. The van der Waals surface area contributed by atoms with E-state index >= 15 is 0 Å². The van der Waals surface area contributed by atoms with Crippen molar-refractivity contribution < 1.29 is 34.0 Å². The van der Waals surface area contributed by atoms with Crippen molar-refractivity contribution in [2.24, 2.45) is 0 Å². The third kappa shape index (κ3) is 3.67. The Labute approximate surface area is 193 Å². The SMILES string of the molecule is [2H]c1cc(C#N)c(C(F)(F)F)c([2H])c1N1C(=O)C(C)(C)N(c2ccc(C(=O)NC([2H])([2H])[2H])c(F)c2)C1=S. The summed E-state index contributed by atoms with van der Waals surface area (Å²) in [4.78, 5) is 27.0. The quantitative estimate of drug-likeness (QED) is 0.544. The maximum Gasteiger partial charge on any atom is 0.417 e. The molecule has 1 heterocycles. The van der Waals surface area contributed by atoms with Crippen molar-refractivity contribution in [2.45, 2.75) is 25.6 Å². The molecule has 0 unspecified atom stereocenters. The molecule has 0 aliphatic carbocycles. The van der Waals surface area contributed by atoms with Gasteiger partial charge in [-0.25, -0.2) is 4.39 Å². The molecule has 6 nitrogen and oxygen atoms in total. The topological polar surface area (TPSA) is 76.4 Å². The van der Waals surface area contributed by atoms with Crippen LogP contribution in [0.25, 0.3) is 0 Å². The predicted octanol–water partition coefficient (Wildman–Crippen LogP) is 3.99. The lowest BCUT2D eigenvalue weighted by Crippen LogP contribution is -2.44. The Bertz CT molecular complexity index is 1390. The second kappa shape index (κ2) is 7.87. The zero-order valence-corrected chi connectivity index (χ0v) is 17.2. The lowest BCUT2D eigenvalue weighted by atomic mass is 10.0. The van der Waals surface area contributed by atoms with Gasteiger partial charge < -0.3 is 10.2 Å². The fourth-order valence-electron chi connectivity index (χ4n) is 3.19. The standard InChI is InChI=1S/C21H16F4N4O2S/c1-20(2)18(31)28(12-5-4-11(10-26)15(8-12)21(23,24)25)19(32)29(20)13-6-7-14(16(22)9-13)17(30)27-3/h4-9H,1-3H3,(H,27,30)/i3D3,5D,8D. The number of benzene rings is 2. The molecule has 1 aliphatic heterocycles. The number of hydrogen-bond acceptors (Lipinski definition) is 4. The number of thiocarbonyl (C=S) groups is 1. The van der Waals surface area contributed by atoms with Gasteiger partial charge in [-0.15, -0.1) is 0 Å². The van der Waals surface area contributed by atoms with Crippen LogP contribution in [-0.4, -0.2) is 29.4 Å². The lowest BCUT2D eigenvalue weighted by Gasteiger charge is -2.29. The Morgan fingerprint density at radius 1 is 1.31 bits per heavy atom. The third-order valence-corrected chi connectivity index (χ3v) is 5.10. The average Bonchev–Trinajstić information content (AvgIpc) is 2.89. The average molecular weight is 469 g/mol. The van der Waals surface area contributed by atoms with Crippen LogP contribution in [0.15, 0.2) is 36.4 Å². The number of hydrogen-bond donors (Lipinski definition) is 1. The van der Waals surface area contributed by atoms with E-state index in [2.05, 4.69) is 0 Å². The first kappa shape index (κ1) is 17.1. The molecule has 2 amide bonds. The smallest absolute Gasteiger partial charge is 0.355 e. The van der Waals surface area contributed by atoms with Crippen molar-refractivity contribution >= 4 is 40.5 Å². The zero-order valence-electron chi connectivity index (χ0n) is 21.4. The van der Waals surface area contributed by atoms with Crippen LogP contribution in [0.1, 0.15) is 42.2 Å². The highest BCUT2D eigenvalue weighted by atomic mass is 32.1. The normalized spacial score (nSPS) is 18.3. The first-order chi connectivity index (χ1) is 16.8. The van der Waals surface area contributed by atoms with Gasteiger partial charge in [-0.1, -0.05) is 0 Å². The number of nitrogens with zero attached hydrogens (tertiary/aromatic N) is 3. The fraction of sp³-hybridized carbons (Fsp3) is 0.238. The number of rotatable bonds is 3. The van der Waals surface area contributed by atoms with Crippen LogP contribution in [0.4, 0.5) is 28.9 Å². The summed E-state index contributed by atoms with van der Waals surface area (Å²) in [6, 6.07) is 2.67. The van der Waals surface area contributed by atoms with E-state index in [4.69, 9.17) is 24.3 Å². The van der Waals surface area contributed by atoms with E-state index in [-0.39, 0.29) is 5.69 Å². The second-order valence-corrected chi connectivity index (χ2v) is 7.46. The molecule has 2 aromatic carbocycles. The van der Waals surface area contributed by atoms with Crippen LogP contribution < -0.4 is 15.1 Å². The third-order valence-electron chi connectivity index (χ3n) is 4.73. The summed E-state index contributed by atoms with van der Waals surface area (Å²) in [7, 11) is 0. The van der Waals surface area contributed by atoms with Crippen LogP contribution >= 0.6 is 12.2 Å². The number of alkyl halides is 3. The molecular weight excluding hydrogens is 448 g/mol. The first-order valence-electron chi connectivity index (χ1n) is 11.2. The minimum absolute atomic E-state index is 0.114. The van der Waals surface area contributed by atoms with E-state index in [0.717, 1.165) is 23.1 Å². The molecule has 0 saturated carbocycles. The Balaban J connectivity index is 2.14. The van der Waals surface area contributed by atoms with Crippen molar-refractivity contribution in [3.05, 3.63) is 58.9 Å². The molecule has 2 aromatic rings. The number of halogens is 4. The number of nitrogens with one attached hydrogen (secondary N) is 1. The van der Waals surface area contributed by atoms with Gasteiger partial charge in [0.1, 0.15) is 11.4 Å². The Hall–Kier alpha value is -3.52. The van der Waals surface area contributed by atoms with E-state index in [1.165, 1.54) is 19.9 Å². The predicted molar refractivity (Wildman–Crippen MR) is 113 cm³/mol. The maximum atomic E-state index is 14.8. The van der Waals surface area contributed by atoms with Gasteiger partial charge in [0.25, 0.3) is 11.8 Å². The molecule has 0 bridgehead atoms. The number of nitriles is 1. The van der Waals surface area contributed by atoms with E-state index < -0.39 is 75.9 Å². The van der Waals surface area contributed by atoms with Crippen molar-refractivity contribution in [3.63, 3.8) is 0 Å². The molecule has 1 fully saturated rings. The van der Waals surface area contributed by atoms with Gasteiger partial charge in [-0.3, -0.25) is 14.5 Å². The zero-order chi connectivity index (χ0) is 28.2. The molecule has 0 aromatic heterocycles. The molecule has 1 aliphatic rings. The van der Waals surface area contributed by atoms with Gasteiger partial charge in [0, 0.05) is 16.8 Å². The summed E-state index contributed by atoms with van der Waals surface area (Å²) in [5.74, 6) is -3.36. The number of carbonyl (C=O) groups excluding carboxylic acids is 2. The summed E-state index contributed by atoms with van der Waals surface area (Å²) in [5.41, 5.74) is -5.84. The highest BCUT2D eigenvalue weighted by Gasteiger charge is 2.50. The molecule has 11 heteroatoms.